The van der Waals surface area contributed by atoms with Gasteiger partial charge in [0.1, 0.15) is 0 Å². The van der Waals surface area contributed by atoms with Crippen molar-refractivity contribution in [3.05, 3.63) is 36.0 Å². The van der Waals surface area contributed by atoms with Crippen LogP contribution in [0.1, 0.15) is 6.92 Å². The Hall–Kier alpha value is -1.64. The molecule has 0 fully saturated rings. The molecule has 0 atom stereocenters. The number of hydrogen-bond acceptors (Lipinski definition) is 2. The van der Waals surface area contributed by atoms with Crippen molar-refractivity contribution < 1.29 is 9.59 Å². The Morgan fingerprint density at radius 3 is 2.23 bits per heavy atom. The monoisotopic (exact) mass is 177 g/mol. The average Bonchev–Trinajstić information content (AvgIpc) is 2.32. The fraction of sp³-hybridized carbons (Fsp3) is 0.200. The summed E-state index contributed by atoms with van der Waals surface area (Å²) in [5.41, 5.74) is 0.801. The maximum Gasteiger partial charge on any atom is 0.261 e. The van der Waals surface area contributed by atoms with Crippen LogP contribution < -0.4 is 0 Å². The van der Waals surface area contributed by atoms with E-state index in [4.69, 9.17) is 0 Å². The summed E-state index contributed by atoms with van der Waals surface area (Å²) in [5.74, 6) is -0.550. The minimum atomic E-state index is -0.284. The highest BCUT2D eigenvalue weighted by Crippen LogP contribution is 2.20. The zero-order chi connectivity index (χ0) is 10.0. The molecule has 2 amide bonds. The quantitative estimate of drug-likeness (QED) is 0.591. The van der Waals surface area contributed by atoms with Gasteiger partial charge in [-0.1, -0.05) is 24.8 Å². The third kappa shape index (κ3) is 1.33. The van der Waals surface area contributed by atoms with Gasteiger partial charge in [0.2, 0.25) is 0 Å². The molecule has 1 rings (SSSR count). The van der Waals surface area contributed by atoms with Gasteiger partial charge in [-0.15, -0.1) is 0 Å². The number of carbonyl (C=O) groups is 2. The number of likely N-dealkylation sites (N-methyl/N-ethyl adjacent to an activating group) is 1. The summed E-state index contributed by atoms with van der Waals surface area (Å²) in [5, 5.41) is 0. The van der Waals surface area contributed by atoms with E-state index in [0.717, 1.165) is 4.90 Å². The molecule has 68 valence electrons. The molecule has 0 radical (unpaired) electrons. The van der Waals surface area contributed by atoms with Gasteiger partial charge >= 0.3 is 0 Å². The molecular formula is C10H11NO2. The van der Waals surface area contributed by atoms with Gasteiger partial charge in [0.25, 0.3) is 11.8 Å². The van der Waals surface area contributed by atoms with E-state index >= 15 is 0 Å². The number of rotatable bonds is 2. The summed E-state index contributed by atoms with van der Waals surface area (Å²) in [4.78, 5) is 23.9. The van der Waals surface area contributed by atoms with Crippen molar-refractivity contribution >= 4 is 11.8 Å². The molecule has 1 heterocycles. The van der Waals surface area contributed by atoms with E-state index in [2.05, 4.69) is 6.58 Å². The van der Waals surface area contributed by atoms with Gasteiger partial charge in [-0.2, -0.15) is 0 Å². The largest absolute Gasteiger partial charge is 0.277 e. The van der Waals surface area contributed by atoms with Crippen LogP contribution in [0, 0.1) is 0 Å². The molecule has 0 aliphatic carbocycles. The molecule has 3 nitrogen and oxygen atoms in total. The zero-order valence-electron chi connectivity index (χ0n) is 7.70. The van der Waals surface area contributed by atoms with Crippen LogP contribution in [0.4, 0.5) is 0 Å². The Balaban J connectivity index is 3.24. The summed E-state index contributed by atoms with van der Waals surface area (Å²) in [6.45, 7) is 5.30. The zero-order valence-corrected chi connectivity index (χ0v) is 7.70. The fourth-order valence-electron chi connectivity index (χ4n) is 1.21. The van der Waals surface area contributed by atoms with Gasteiger partial charge in [0, 0.05) is 7.05 Å². The molecule has 13 heavy (non-hydrogen) atoms. The van der Waals surface area contributed by atoms with Crippen LogP contribution in [0.5, 0.6) is 0 Å². The second-order valence-electron chi connectivity index (χ2n) is 2.70. The number of amides is 2. The maximum absolute atomic E-state index is 11.4. The Morgan fingerprint density at radius 1 is 1.23 bits per heavy atom. The van der Waals surface area contributed by atoms with Crippen LogP contribution in [0.25, 0.3) is 0 Å². The van der Waals surface area contributed by atoms with E-state index in [-0.39, 0.29) is 11.8 Å². The lowest BCUT2D eigenvalue weighted by Crippen LogP contribution is -2.26. The van der Waals surface area contributed by atoms with E-state index < -0.39 is 0 Å². The van der Waals surface area contributed by atoms with E-state index in [9.17, 15) is 9.59 Å². The molecule has 0 spiro atoms. The second kappa shape index (κ2) is 3.39. The number of hydrogen-bond donors (Lipinski definition) is 0. The van der Waals surface area contributed by atoms with Crippen molar-refractivity contribution in [1.82, 2.24) is 4.90 Å². The van der Waals surface area contributed by atoms with Gasteiger partial charge in [0.05, 0.1) is 11.1 Å². The molecule has 0 bridgehead atoms. The third-order valence-electron chi connectivity index (χ3n) is 1.90. The highest BCUT2D eigenvalue weighted by molar-refractivity contribution is 6.21. The lowest BCUT2D eigenvalue weighted by atomic mass is 10.1. The van der Waals surface area contributed by atoms with Crippen LogP contribution in [0.3, 0.4) is 0 Å². The Morgan fingerprint density at radius 2 is 1.77 bits per heavy atom. The van der Waals surface area contributed by atoms with E-state index in [0.29, 0.717) is 11.1 Å². The Kier molecular flexibility index (Phi) is 2.46. The van der Waals surface area contributed by atoms with Crippen LogP contribution in [-0.4, -0.2) is 23.8 Å². The third-order valence-corrected chi connectivity index (χ3v) is 1.90. The lowest BCUT2D eigenvalue weighted by Gasteiger charge is -2.04. The molecule has 0 aromatic carbocycles. The summed E-state index contributed by atoms with van der Waals surface area (Å²) in [7, 11) is 1.46. The van der Waals surface area contributed by atoms with Crippen LogP contribution in [0.15, 0.2) is 36.0 Å². The van der Waals surface area contributed by atoms with E-state index in [1.54, 1.807) is 19.1 Å². The van der Waals surface area contributed by atoms with Crippen LogP contribution in [-0.2, 0) is 9.59 Å². The average molecular weight is 177 g/mol. The first kappa shape index (κ1) is 9.45. The lowest BCUT2D eigenvalue weighted by molar-refractivity contribution is -0.135. The number of nitrogens with zero attached hydrogens (tertiary/aromatic N) is 1. The molecule has 0 unspecified atom stereocenters. The molecule has 0 aromatic heterocycles. The van der Waals surface area contributed by atoms with Gasteiger partial charge in [0.15, 0.2) is 0 Å². The predicted octanol–water partition coefficient (Wildman–Crippen LogP) is 1.04. The van der Waals surface area contributed by atoms with Crippen LogP contribution >= 0.6 is 0 Å². The summed E-state index contributed by atoms with van der Waals surface area (Å²) in [6, 6.07) is 0. The van der Waals surface area contributed by atoms with Gasteiger partial charge < -0.3 is 0 Å². The Bertz CT molecular complexity index is 337. The summed E-state index contributed by atoms with van der Waals surface area (Å²) >= 11 is 0. The molecule has 3 heteroatoms. The van der Waals surface area contributed by atoms with Gasteiger partial charge in [-0.3, -0.25) is 14.5 Å². The van der Waals surface area contributed by atoms with E-state index in [1.807, 2.05) is 0 Å². The van der Waals surface area contributed by atoms with E-state index in [1.165, 1.54) is 13.1 Å². The smallest absolute Gasteiger partial charge is 0.261 e. The summed E-state index contributed by atoms with van der Waals surface area (Å²) in [6.07, 6.45) is 4.77. The molecule has 0 saturated heterocycles. The number of carbonyl (C=O) groups excluding carboxylic acids is 2. The standard InChI is InChI=1S/C10H11NO2/c1-4-6-8-7(5-2)9(12)11(3)10(8)13/h4-6H,2H2,1,3H3/b6-4-. The van der Waals surface area contributed by atoms with Crippen molar-refractivity contribution in [2.24, 2.45) is 0 Å². The maximum atomic E-state index is 11.4. The first-order valence-electron chi connectivity index (χ1n) is 3.95. The minimum absolute atomic E-state index is 0.266. The molecular weight excluding hydrogens is 166 g/mol. The van der Waals surface area contributed by atoms with Crippen molar-refractivity contribution in [2.45, 2.75) is 6.92 Å². The minimum Gasteiger partial charge on any atom is -0.277 e. The van der Waals surface area contributed by atoms with Crippen LogP contribution in [0.2, 0.25) is 0 Å². The molecule has 0 aromatic rings. The van der Waals surface area contributed by atoms with Gasteiger partial charge in [-0.05, 0) is 6.92 Å². The molecule has 0 saturated carbocycles. The molecule has 1 aliphatic rings. The highest BCUT2D eigenvalue weighted by atomic mass is 16.2. The SMILES string of the molecule is C=CC1=C(/C=C\C)C(=O)N(C)C1=O. The predicted molar refractivity (Wildman–Crippen MR) is 49.8 cm³/mol. The van der Waals surface area contributed by atoms with Crippen molar-refractivity contribution in [3.8, 4) is 0 Å². The van der Waals surface area contributed by atoms with Crippen molar-refractivity contribution in [3.63, 3.8) is 0 Å². The topological polar surface area (TPSA) is 37.4 Å². The molecule has 1 aliphatic heterocycles. The highest BCUT2D eigenvalue weighted by Gasteiger charge is 2.32. The first-order valence-corrected chi connectivity index (χ1v) is 3.95. The Labute approximate surface area is 77.0 Å². The van der Waals surface area contributed by atoms with Crippen molar-refractivity contribution in [2.75, 3.05) is 7.05 Å². The van der Waals surface area contributed by atoms with Crippen molar-refractivity contribution in [1.29, 1.82) is 0 Å². The second-order valence-corrected chi connectivity index (χ2v) is 2.70. The summed E-state index contributed by atoms with van der Waals surface area (Å²) < 4.78 is 0. The number of allylic oxidation sites excluding steroid dienone is 1. The first-order chi connectivity index (χ1) is 6.13. The number of imide groups is 1. The fourth-order valence-corrected chi connectivity index (χ4v) is 1.21. The molecule has 0 N–H and O–H groups in total. The normalized spacial score (nSPS) is 17.8. The van der Waals surface area contributed by atoms with Gasteiger partial charge in [-0.25, -0.2) is 0 Å².